The van der Waals surface area contributed by atoms with E-state index >= 15 is 0 Å². The fraction of sp³-hybridized carbons (Fsp3) is 0.323. The standard InChI is InChI=1S/C31H28ClN3O5/c1-30(2,3)33-28(37)26-23-19-12-11-18(35(39)40)15-20(19)27(36)24(23)25(16-8-6-5-7-9-16)31(26)21-14-17(32)10-13-22(21)34(4)29(31)38/h5-15,23-26H,1-4H3,(H,33,37)/t23-,24+,25-,26-,31+/m0/s1. The topological polar surface area (TPSA) is 110 Å². The maximum atomic E-state index is 14.7. The van der Waals surface area contributed by atoms with Gasteiger partial charge in [-0.3, -0.25) is 24.5 Å². The molecule has 0 radical (unpaired) electrons. The van der Waals surface area contributed by atoms with Crippen LogP contribution in [-0.2, 0) is 15.0 Å². The third-order valence-corrected chi connectivity index (χ3v) is 8.86. The van der Waals surface area contributed by atoms with Gasteiger partial charge in [-0.25, -0.2) is 0 Å². The number of anilines is 1. The first-order chi connectivity index (χ1) is 18.9. The third kappa shape index (κ3) is 3.48. The van der Waals surface area contributed by atoms with Crippen molar-refractivity contribution in [3.8, 4) is 0 Å². The molecule has 5 atom stereocenters. The molecule has 3 aromatic carbocycles. The average Bonchev–Trinajstić information content (AvgIpc) is 3.44. The van der Waals surface area contributed by atoms with Crippen LogP contribution in [0.1, 0.15) is 59.7 Å². The number of hydrogen-bond donors (Lipinski definition) is 1. The molecule has 1 aliphatic heterocycles. The number of hydrogen-bond acceptors (Lipinski definition) is 5. The highest BCUT2D eigenvalue weighted by Gasteiger charge is 2.74. The maximum absolute atomic E-state index is 14.7. The van der Waals surface area contributed by atoms with Crippen LogP contribution in [-0.4, -0.2) is 35.1 Å². The lowest BCUT2D eigenvalue weighted by Gasteiger charge is -2.38. The zero-order chi connectivity index (χ0) is 28.7. The highest BCUT2D eigenvalue weighted by atomic mass is 35.5. The Kier molecular flexibility index (Phi) is 5.72. The Labute approximate surface area is 236 Å². The monoisotopic (exact) mass is 557 g/mol. The van der Waals surface area contributed by atoms with Crippen LogP contribution in [0, 0.1) is 22.0 Å². The third-order valence-electron chi connectivity index (χ3n) is 8.62. The van der Waals surface area contributed by atoms with Gasteiger partial charge in [0.1, 0.15) is 0 Å². The van der Waals surface area contributed by atoms with Crippen LogP contribution in [0.5, 0.6) is 0 Å². The molecule has 2 amide bonds. The number of halogens is 1. The van der Waals surface area contributed by atoms with Crippen molar-refractivity contribution in [2.75, 3.05) is 11.9 Å². The number of amides is 2. The molecule has 0 unspecified atom stereocenters. The Bertz CT molecular complexity index is 1610. The summed E-state index contributed by atoms with van der Waals surface area (Å²) in [5, 5.41) is 15.1. The van der Waals surface area contributed by atoms with E-state index in [9.17, 15) is 24.5 Å². The van der Waals surface area contributed by atoms with E-state index in [1.54, 1.807) is 36.2 Å². The molecule has 8 nitrogen and oxygen atoms in total. The molecule has 40 heavy (non-hydrogen) atoms. The number of benzene rings is 3. The van der Waals surface area contributed by atoms with Crippen molar-refractivity contribution in [2.45, 2.75) is 43.6 Å². The average molecular weight is 558 g/mol. The van der Waals surface area contributed by atoms with Crippen molar-refractivity contribution in [3.05, 3.63) is 104 Å². The Hall–Kier alpha value is -4.04. The molecular formula is C31H28ClN3O5. The van der Waals surface area contributed by atoms with Crippen LogP contribution in [0.3, 0.4) is 0 Å². The number of carbonyl (C=O) groups excluding carboxylic acids is 3. The number of Topliss-reactive ketones (excluding diaryl/α,β-unsaturated/α-hetero) is 1. The Balaban J connectivity index is 1.71. The van der Waals surface area contributed by atoms with Gasteiger partial charge in [-0.1, -0.05) is 48.0 Å². The van der Waals surface area contributed by atoms with Crippen LogP contribution < -0.4 is 10.2 Å². The van der Waals surface area contributed by atoms with Gasteiger partial charge in [0.25, 0.3) is 5.69 Å². The molecule has 0 saturated heterocycles. The minimum atomic E-state index is -1.43. The minimum absolute atomic E-state index is 0.192. The molecular weight excluding hydrogens is 530 g/mol. The van der Waals surface area contributed by atoms with E-state index in [2.05, 4.69) is 5.32 Å². The summed E-state index contributed by atoms with van der Waals surface area (Å²) in [5.74, 6) is -4.11. The fourth-order valence-electron chi connectivity index (χ4n) is 7.39. The van der Waals surface area contributed by atoms with Gasteiger partial charge in [-0.15, -0.1) is 0 Å². The molecule has 1 saturated carbocycles. The molecule has 0 bridgehead atoms. The van der Waals surface area contributed by atoms with Crippen LogP contribution in [0.25, 0.3) is 0 Å². The number of likely N-dealkylation sites (N-methyl/N-ethyl adjacent to an activating group) is 1. The van der Waals surface area contributed by atoms with Crippen molar-refractivity contribution >= 4 is 40.6 Å². The Morgan fingerprint density at radius 1 is 1.02 bits per heavy atom. The van der Waals surface area contributed by atoms with Crippen LogP contribution >= 0.6 is 11.6 Å². The molecule has 204 valence electrons. The predicted octanol–water partition coefficient (Wildman–Crippen LogP) is 5.39. The number of ketones is 1. The molecule has 1 N–H and O–H groups in total. The second-order valence-electron chi connectivity index (χ2n) is 11.9. The maximum Gasteiger partial charge on any atom is 0.270 e. The lowest BCUT2D eigenvalue weighted by atomic mass is 9.63. The number of nitrogens with zero attached hydrogens (tertiary/aromatic N) is 2. The largest absolute Gasteiger partial charge is 0.351 e. The lowest BCUT2D eigenvalue weighted by Crippen LogP contribution is -2.54. The highest BCUT2D eigenvalue weighted by Crippen LogP contribution is 2.70. The van der Waals surface area contributed by atoms with Crippen LogP contribution in [0.15, 0.2) is 66.7 Å². The number of carbonyl (C=O) groups is 3. The van der Waals surface area contributed by atoms with Gasteiger partial charge in [0.2, 0.25) is 11.8 Å². The smallest absolute Gasteiger partial charge is 0.270 e. The summed E-state index contributed by atoms with van der Waals surface area (Å²) in [4.78, 5) is 56.0. The molecule has 3 aromatic rings. The van der Waals surface area contributed by atoms with Gasteiger partial charge >= 0.3 is 0 Å². The second kappa shape index (κ2) is 8.73. The van der Waals surface area contributed by atoms with E-state index in [1.165, 1.54) is 12.1 Å². The first kappa shape index (κ1) is 26.2. The molecule has 6 rings (SSSR count). The molecule has 1 heterocycles. The van der Waals surface area contributed by atoms with Crippen molar-refractivity contribution in [1.29, 1.82) is 0 Å². The van der Waals surface area contributed by atoms with Crippen molar-refractivity contribution < 1.29 is 19.3 Å². The minimum Gasteiger partial charge on any atom is -0.351 e. The van der Waals surface area contributed by atoms with Crippen molar-refractivity contribution in [3.63, 3.8) is 0 Å². The van der Waals surface area contributed by atoms with E-state index in [0.29, 0.717) is 21.8 Å². The molecule has 3 aliphatic rings. The highest BCUT2D eigenvalue weighted by molar-refractivity contribution is 6.31. The number of fused-ring (bicyclic) bond motifs is 5. The number of rotatable bonds is 3. The normalized spacial score (nSPS) is 26.6. The van der Waals surface area contributed by atoms with Gasteiger partial charge in [0.15, 0.2) is 5.78 Å². The summed E-state index contributed by atoms with van der Waals surface area (Å²) < 4.78 is 0. The van der Waals surface area contributed by atoms with Gasteiger partial charge in [-0.05, 0) is 55.7 Å². The first-order valence-electron chi connectivity index (χ1n) is 13.2. The first-order valence-corrected chi connectivity index (χ1v) is 13.5. The SMILES string of the molecule is CN1C(=O)[C@@]2(c3cc(Cl)ccc31)[C@H](C(=O)NC(C)(C)C)[C@H]1c3ccc([N+](=O)[O-])cc3C(=O)[C@H]1[C@@H]2c1ccccc1. The zero-order valence-electron chi connectivity index (χ0n) is 22.5. The summed E-state index contributed by atoms with van der Waals surface area (Å²) in [7, 11) is 1.68. The van der Waals surface area contributed by atoms with Gasteiger partial charge in [0.05, 0.1) is 16.3 Å². The summed E-state index contributed by atoms with van der Waals surface area (Å²) in [5.41, 5.74) is 0.537. The summed E-state index contributed by atoms with van der Waals surface area (Å²) in [6.45, 7) is 5.59. The summed E-state index contributed by atoms with van der Waals surface area (Å²) >= 11 is 6.52. The predicted molar refractivity (Wildman–Crippen MR) is 151 cm³/mol. The summed E-state index contributed by atoms with van der Waals surface area (Å²) in [6, 6.07) is 18.8. The van der Waals surface area contributed by atoms with Crippen LogP contribution in [0.2, 0.25) is 5.02 Å². The van der Waals surface area contributed by atoms with Crippen LogP contribution in [0.4, 0.5) is 11.4 Å². The van der Waals surface area contributed by atoms with Gasteiger partial charge in [-0.2, -0.15) is 0 Å². The van der Waals surface area contributed by atoms with E-state index in [1.807, 2.05) is 51.1 Å². The number of nitro benzene ring substituents is 1. The van der Waals surface area contributed by atoms with Crippen molar-refractivity contribution in [2.24, 2.45) is 11.8 Å². The fourth-order valence-corrected chi connectivity index (χ4v) is 7.56. The van der Waals surface area contributed by atoms with Gasteiger partial charge < -0.3 is 10.2 Å². The van der Waals surface area contributed by atoms with E-state index in [4.69, 9.17) is 11.6 Å². The van der Waals surface area contributed by atoms with E-state index in [0.717, 1.165) is 5.56 Å². The molecule has 1 spiro atoms. The molecule has 9 heteroatoms. The zero-order valence-corrected chi connectivity index (χ0v) is 23.2. The van der Waals surface area contributed by atoms with E-state index in [-0.39, 0.29) is 28.8 Å². The van der Waals surface area contributed by atoms with Crippen molar-refractivity contribution in [1.82, 2.24) is 5.32 Å². The Morgan fingerprint density at radius 2 is 1.73 bits per heavy atom. The number of nitro groups is 1. The number of non-ortho nitro benzene ring substituents is 1. The summed E-state index contributed by atoms with van der Waals surface area (Å²) in [6.07, 6.45) is 0. The quantitative estimate of drug-likeness (QED) is 0.343. The van der Waals surface area contributed by atoms with Gasteiger partial charge in [0, 0.05) is 58.7 Å². The second-order valence-corrected chi connectivity index (χ2v) is 12.4. The molecule has 2 aliphatic carbocycles. The molecule has 1 fully saturated rings. The number of nitrogens with one attached hydrogen (secondary N) is 1. The molecule has 0 aromatic heterocycles. The lowest BCUT2D eigenvalue weighted by molar-refractivity contribution is -0.384. The van der Waals surface area contributed by atoms with E-state index < -0.39 is 39.5 Å². The Morgan fingerprint density at radius 3 is 2.38 bits per heavy atom.